The van der Waals surface area contributed by atoms with Crippen molar-refractivity contribution in [1.29, 1.82) is 0 Å². The Hall–Kier alpha value is -4.17. The number of pyridine rings is 1. The number of nitrogens with one attached hydrogen (secondary N) is 1. The van der Waals surface area contributed by atoms with Crippen LogP contribution >= 0.6 is 0 Å². The maximum absolute atomic E-state index is 13.4. The lowest BCUT2D eigenvalue weighted by atomic mass is 10.0. The number of nitrogens with zero attached hydrogens (tertiary/aromatic N) is 3. The molecule has 2 aromatic carbocycles. The average Bonchev–Trinajstić information content (AvgIpc) is 3.57. The van der Waals surface area contributed by atoms with Crippen LogP contribution < -0.4 is 5.32 Å². The molecule has 0 radical (unpaired) electrons. The van der Waals surface area contributed by atoms with Crippen molar-refractivity contribution in [3.8, 4) is 0 Å². The van der Waals surface area contributed by atoms with Gasteiger partial charge in [-0.1, -0.05) is 177 Å². The minimum Gasteiger partial charge on any atom is -0.464 e. The minimum absolute atomic E-state index is 0.214. The van der Waals surface area contributed by atoms with E-state index in [0.29, 0.717) is 17.5 Å². The number of carbonyl (C=O) groups excluding carboxylic acids is 2. The second-order valence-electron chi connectivity index (χ2n) is 18.7. The van der Waals surface area contributed by atoms with E-state index in [1.807, 2.05) is 43.5 Å². The van der Waals surface area contributed by atoms with Gasteiger partial charge in [0.25, 0.3) is 0 Å². The van der Waals surface area contributed by atoms with E-state index in [9.17, 15) is 9.59 Å². The van der Waals surface area contributed by atoms with Gasteiger partial charge in [-0.25, -0.2) is 9.59 Å². The number of benzene rings is 2. The number of amides is 1. The van der Waals surface area contributed by atoms with Crippen LogP contribution in [-0.4, -0.2) is 59.1 Å². The number of carbonyl (C=O) groups is 2. The zero-order chi connectivity index (χ0) is 43.8. The number of hydrogen-bond donors (Lipinski definition) is 1. The number of quaternary nitrogens is 1. The summed E-state index contributed by atoms with van der Waals surface area (Å²) >= 11 is 0. The molecule has 5 rings (SSSR count). The molecule has 62 heavy (non-hydrogen) atoms. The molecule has 2 unspecified atom stereocenters. The average molecular weight is 850 g/mol. The van der Waals surface area contributed by atoms with E-state index in [-0.39, 0.29) is 6.73 Å². The lowest BCUT2D eigenvalue weighted by molar-refractivity contribution is -0.940. The Labute approximate surface area is 375 Å². The molecular weight excluding hydrogens is 769 g/mol. The highest BCUT2D eigenvalue weighted by Crippen LogP contribution is 2.34. The minimum atomic E-state index is -0.821. The number of likely N-dealkylation sites (N-methyl/N-ethyl adjacent to an activating group) is 1. The third-order valence-electron chi connectivity index (χ3n) is 13.1. The molecule has 2 atom stereocenters. The Balaban J connectivity index is 0.987. The van der Waals surface area contributed by atoms with Crippen LogP contribution in [0.3, 0.4) is 0 Å². The fourth-order valence-corrected chi connectivity index (χ4v) is 9.21. The molecule has 0 fully saturated rings. The van der Waals surface area contributed by atoms with Crippen LogP contribution in [0, 0.1) is 13.8 Å². The van der Waals surface area contributed by atoms with E-state index in [1.54, 1.807) is 0 Å². The van der Waals surface area contributed by atoms with Crippen molar-refractivity contribution in [2.24, 2.45) is 0 Å². The molecule has 0 aliphatic carbocycles. The number of ether oxygens (including phenoxy) is 2. The number of unbranched alkanes of at least 4 members (excludes halogenated alkanes) is 19. The van der Waals surface area contributed by atoms with Crippen molar-refractivity contribution in [2.45, 2.75) is 188 Å². The molecule has 340 valence electrons. The van der Waals surface area contributed by atoms with Crippen LogP contribution in [0.25, 0.3) is 10.9 Å². The molecule has 1 amide bonds. The lowest BCUT2D eigenvalue weighted by Gasteiger charge is -2.37. The largest absolute Gasteiger partial charge is 0.464 e. The molecule has 8 nitrogen and oxygen atoms in total. The number of rotatable bonds is 30. The predicted octanol–water partition coefficient (Wildman–Crippen LogP) is 13.1. The van der Waals surface area contributed by atoms with Gasteiger partial charge in [-0.05, 0) is 56.0 Å². The fourth-order valence-electron chi connectivity index (χ4n) is 9.21. The van der Waals surface area contributed by atoms with Crippen LogP contribution in [0.2, 0.25) is 0 Å². The molecule has 0 bridgehead atoms. The number of esters is 1. The van der Waals surface area contributed by atoms with Gasteiger partial charge in [0.15, 0.2) is 0 Å². The maximum Gasteiger partial charge on any atom is 0.412 e. The number of aromatic nitrogens is 2. The Kier molecular flexibility index (Phi) is 21.4. The zero-order valence-corrected chi connectivity index (χ0v) is 39.2. The Morgan fingerprint density at radius 1 is 0.742 bits per heavy atom. The Morgan fingerprint density at radius 3 is 1.95 bits per heavy atom. The SMILES string of the molecule is CCCCCCCCCCCCCCCCCCCCCCOC(=O)C(Cc1ccccc1)NC(=O)OC[N+]1(C)CCc2c(c3cc(C)ccc3n2CCc2ccc(C)nc2)C1. The quantitative estimate of drug-likeness (QED) is 0.0321. The molecule has 0 saturated carbocycles. The summed E-state index contributed by atoms with van der Waals surface area (Å²) in [5, 5.41) is 4.16. The highest BCUT2D eigenvalue weighted by Gasteiger charge is 2.34. The van der Waals surface area contributed by atoms with Gasteiger partial charge in [0.05, 0.1) is 20.2 Å². The third kappa shape index (κ3) is 16.8. The van der Waals surface area contributed by atoms with Crippen LogP contribution in [0.1, 0.15) is 169 Å². The summed E-state index contributed by atoms with van der Waals surface area (Å²) in [5.74, 6) is -0.406. The smallest absolute Gasteiger partial charge is 0.412 e. The van der Waals surface area contributed by atoms with E-state index in [0.717, 1.165) is 63.0 Å². The summed E-state index contributed by atoms with van der Waals surface area (Å²) in [6.45, 7) is 9.53. The van der Waals surface area contributed by atoms with Crippen molar-refractivity contribution < 1.29 is 23.5 Å². The molecule has 1 aliphatic rings. The van der Waals surface area contributed by atoms with Crippen molar-refractivity contribution >= 4 is 23.0 Å². The summed E-state index contributed by atoms with van der Waals surface area (Å²) < 4.78 is 14.7. The van der Waals surface area contributed by atoms with Crippen molar-refractivity contribution in [3.63, 3.8) is 0 Å². The maximum atomic E-state index is 13.4. The monoisotopic (exact) mass is 850 g/mol. The first-order chi connectivity index (χ1) is 30.2. The first-order valence-corrected chi connectivity index (χ1v) is 24.7. The molecule has 2 aromatic heterocycles. The van der Waals surface area contributed by atoms with Gasteiger partial charge in [-0.3, -0.25) is 9.47 Å². The summed E-state index contributed by atoms with van der Waals surface area (Å²) in [4.78, 5) is 31.3. The fraction of sp³-hybridized carbons (Fsp3) is 0.611. The summed E-state index contributed by atoms with van der Waals surface area (Å²) in [5.41, 5.74) is 8.42. The van der Waals surface area contributed by atoms with Crippen molar-refractivity contribution in [3.05, 3.63) is 101 Å². The van der Waals surface area contributed by atoms with E-state index >= 15 is 0 Å². The van der Waals surface area contributed by atoms with Gasteiger partial charge < -0.3 is 19.4 Å². The molecule has 1 N–H and O–H groups in total. The van der Waals surface area contributed by atoms with E-state index in [1.165, 1.54) is 142 Å². The third-order valence-corrected chi connectivity index (χ3v) is 13.1. The van der Waals surface area contributed by atoms with Crippen LogP contribution in [0.4, 0.5) is 4.79 Å². The number of aryl methyl sites for hydroxylation is 4. The topological polar surface area (TPSA) is 82.5 Å². The second-order valence-corrected chi connectivity index (χ2v) is 18.7. The van der Waals surface area contributed by atoms with Gasteiger partial charge in [-0.15, -0.1) is 0 Å². The van der Waals surface area contributed by atoms with Gasteiger partial charge >= 0.3 is 12.1 Å². The highest BCUT2D eigenvalue weighted by atomic mass is 16.6. The van der Waals surface area contributed by atoms with Crippen LogP contribution in [-0.2, 0) is 46.6 Å². The first-order valence-electron chi connectivity index (χ1n) is 24.7. The molecule has 0 saturated heterocycles. The number of hydrogen-bond acceptors (Lipinski definition) is 5. The predicted molar refractivity (Wildman–Crippen MR) is 255 cm³/mol. The molecular formula is C54H81N4O4+. The van der Waals surface area contributed by atoms with E-state index in [2.05, 4.69) is 66.1 Å². The summed E-state index contributed by atoms with van der Waals surface area (Å²) in [6.07, 6.45) is 30.1. The van der Waals surface area contributed by atoms with E-state index in [4.69, 9.17) is 9.47 Å². The summed E-state index contributed by atoms with van der Waals surface area (Å²) in [7, 11) is 2.16. The zero-order valence-electron chi connectivity index (χ0n) is 39.2. The van der Waals surface area contributed by atoms with Crippen molar-refractivity contribution in [2.75, 3.05) is 26.9 Å². The Morgan fingerprint density at radius 2 is 1.35 bits per heavy atom. The van der Waals surface area contributed by atoms with E-state index < -0.39 is 18.1 Å². The van der Waals surface area contributed by atoms with Crippen LogP contribution in [0.15, 0.2) is 66.9 Å². The normalized spacial score (nSPS) is 15.4. The molecule has 8 heteroatoms. The highest BCUT2D eigenvalue weighted by molar-refractivity contribution is 5.86. The van der Waals surface area contributed by atoms with Gasteiger partial charge in [0, 0.05) is 53.4 Å². The second kappa shape index (κ2) is 27.1. The van der Waals surface area contributed by atoms with Gasteiger partial charge in [0.2, 0.25) is 6.73 Å². The number of fused-ring (bicyclic) bond motifs is 3. The number of alkyl carbamates (subject to hydrolysis) is 1. The first kappa shape index (κ1) is 48.9. The molecule has 0 spiro atoms. The Bertz CT molecular complexity index is 1890. The van der Waals surface area contributed by atoms with Crippen LogP contribution in [0.5, 0.6) is 0 Å². The van der Waals surface area contributed by atoms with Gasteiger partial charge in [-0.2, -0.15) is 0 Å². The standard InChI is InChI=1S/C54H80N4O4/c1-5-6-7-8-9-10-11-12-13-14-15-16-17-18-19-20-21-22-23-27-38-61-53(59)50(40-46-28-25-24-26-29-46)56-54(60)62-43-58(4)37-35-52-49(42-58)48-39-44(2)30-33-51(48)57(52)36-34-47-32-31-45(3)55-41-47/h24-26,28-33,39,41,50H,5-23,27,34-38,40,42-43H2,1-4H3/p+1. The van der Waals surface area contributed by atoms with Crippen molar-refractivity contribution in [1.82, 2.24) is 14.9 Å². The van der Waals surface area contributed by atoms with Gasteiger partial charge in [0.1, 0.15) is 12.6 Å². The molecule has 1 aliphatic heterocycles. The molecule has 4 aromatic rings. The lowest BCUT2D eigenvalue weighted by Crippen LogP contribution is -2.51. The summed E-state index contributed by atoms with van der Waals surface area (Å²) in [6, 6.07) is 20.0. The molecule has 3 heterocycles.